The topological polar surface area (TPSA) is 50.4 Å². The summed E-state index contributed by atoms with van der Waals surface area (Å²) in [7, 11) is 0. The molecule has 1 aliphatic carbocycles. The Labute approximate surface area is 140 Å². The van der Waals surface area contributed by atoms with Gasteiger partial charge in [-0.05, 0) is 42.7 Å². The number of ether oxygens (including phenoxy) is 1. The van der Waals surface area contributed by atoms with Crippen molar-refractivity contribution >= 4 is 23.4 Å². The van der Waals surface area contributed by atoms with Crippen LogP contribution in [-0.2, 0) is 11.3 Å². The third-order valence-electron chi connectivity index (χ3n) is 3.89. The zero-order valence-corrected chi connectivity index (χ0v) is 13.4. The Kier molecular flexibility index (Phi) is 5.03. The molecular formula is C18H19ClN2O2. The van der Waals surface area contributed by atoms with Crippen LogP contribution in [0.4, 0.5) is 10.5 Å². The largest absolute Gasteiger partial charge is 0.445 e. The van der Waals surface area contributed by atoms with Gasteiger partial charge in [-0.25, -0.2) is 4.79 Å². The number of hydrogen-bond donors (Lipinski definition) is 2. The summed E-state index contributed by atoms with van der Waals surface area (Å²) >= 11 is 5.86. The minimum Gasteiger partial charge on any atom is -0.445 e. The number of anilines is 1. The van der Waals surface area contributed by atoms with Gasteiger partial charge in [0.1, 0.15) is 6.61 Å². The average molecular weight is 331 g/mol. The molecule has 0 saturated heterocycles. The van der Waals surface area contributed by atoms with Crippen molar-refractivity contribution in [3.63, 3.8) is 0 Å². The van der Waals surface area contributed by atoms with Crippen LogP contribution in [0.25, 0.3) is 0 Å². The monoisotopic (exact) mass is 330 g/mol. The van der Waals surface area contributed by atoms with Crippen molar-refractivity contribution < 1.29 is 9.53 Å². The molecule has 0 atom stereocenters. The first kappa shape index (κ1) is 15.7. The van der Waals surface area contributed by atoms with Crippen LogP contribution in [0.2, 0.25) is 5.02 Å². The predicted molar refractivity (Wildman–Crippen MR) is 91.6 cm³/mol. The molecule has 2 N–H and O–H groups in total. The molecule has 0 unspecified atom stereocenters. The first-order valence-corrected chi connectivity index (χ1v) is 8.06. The second kappa shape index (κ2) is 7.38. The summed E-state index contributed by atoms with van der Waals surface area (Å²) in [5.74, 6) is 0. The highest BCUT2D eigenvalue weighted by atomic mass is 35.5. The Balaban J connectivity index is 1.35. The highest BCUT2D eigenvalue weighted by Crippen LogP contribution is 2.25. The molecule has 0 bridgehead atoms. The maximum Gasteiger partial charge on any atom is 0.407 e. The minimum atomic E-state index is -0.358. The van der Waals surface area contributed by atoms with E-state index in [1.807, 2.05) is 54.6 Å². The number of alkyl carbamates (subject to hydrolysis) is 1. The van der Waals surface area contributed by atoms with Crippen LogP contribution in [0.15, 0.2) is 54.6 Å². The molecule has 0 aliphatic heterocycles. The summed E-state index contributed by atoms with van der Waals surface area (Å²) in [6.45, 7) is 0.297. The van der Waals surface area contributed by atoms with Gasteiger partial charge in [-0.3, -0.25) is 0 Å². The third kappa shape index (κ3) is 4.63. The van der Waals surface area contributed by atoms with Crippen LogP contribution >= 0.6 is 11.6 Å². The predicted octanol–water partition coefficient (Wildman–Crippen LogP) is 4.21. The van der Waals surface area contributed by atoms with Crippen molar-refractivity contribution in [1.82, 2.24) is 5.32 Å². The molecule has 0 spiro atoms. The van der Waals surface area contributed by atoms with Gasteiger partial charge < -0.3 is 15.4 Å². The van der Waals surface area contributed by atoms with Gasteiger partial charge >= 0.3 is 6.09 Å². The van der Waals surface area contributed by atoms with E-state index in [0.717, 1.165) is 29.1 Å². The van der Waals surface area contributed by atoms with Crippen LogP contribution < -0.4 is 10.6 Å². The van der Waals surface area contributed by atoms with Crippen molar-refractivity contribution in [2.45, 2.75) is 31.5 Å². The molecule has 2 aromatic rings. The first-order chi connectivity index (χ1) is 11.2. The lowest BCUT2D eigenvalue weighted by Gasteiger charge is -2.36. The molecule has 0 radical (unpaired) electrons. The summed E-state index contributed by atoms with van der Waals surface area (Å²) in [5.41, 5.74) is 2.03. The van der Waals surface area contributed by atoms with Crippen molar-refractivity contribution in [2.75, 3.05) is 5.32 Å². The Hall–Kier alpha value is -2.20. The maximum absolute atomic E-state index is 11.8. The molecule has 2 aromatic carbocycles. The van der Waals surface area contributed by atoms with Gasteiger partial charge in [0.15, 0.2) is 0 Å². The number of nitrogens with one attached hydrogen (secondary N) is 2. The Bertz CT molecular complexity index is 640. The highest BCUT2D eigenvalue weighted by molar-refractivity contribution is 6.30. The number of rotatable bonds is 5. The van der Waals surface area contributed by atoms with Gasteiger partial charge in [0.25, 0.3) is 0 Å². The molecule has 1 saturated carbocycles. The second-order valence-corrected chi connectivity index (χ2v) is 6.16. The van der Waals surface area contributed by atoms with Crippen molar-refractivity contribution in [3.05, 3.63) is 65.2 Å². The van der Waals surface area contributed by atoms with Gasteiger partial charge in [-0.2, -0.15) is 0 Å². The summed E-state index contributed by atoms with van der Waals surface area (Å²) in [6.07, 6.45) is 1.43. The number of carbonyl (C=O) groups excluding carboxylic acids is 1. The molecule has 1 amide bonds. The van der Waals surface area contributed by atoms with Gasteiger partial charge in [0.05, 0.1) is 0 Å². The van der Waals surface area contributed by atoms with Crippen molar-refractivity contribution in [2.24, 2.45) is 0 Å². The maximum atomic E-state index is 11.8. The molecule has 3 rings (SSSR count). The highest BCUT2D eigenvalue weighted by Gasteiger charge is 2.30. The first-order valence-electron chi connectivity index (χ1n) is 7.68. The van der Waals surface area contributed by atoms with Gasteiger partial charge in [-0.1, -0.05) is 41.9 Å². The van der Waals surface area contributed by atoms with E-state index in [1.165, 1.54) is 0 Å². The fraction of sp³-hybridized carbons (Fsp3) is 0.278. The van der Waals surface area contributed by atoms with Crippen molar-refractivity contribution in [1.29, 1.82) is 0 Å². The fourth-order valence-electron chi connectivity index (χ4n) is 2.57. The van der Waals surface area contributed by atoms with E-state index in [9.17, 15) is 4.79 Å². The molecule has 23 heavy (non-hydrogen) atoms. The number of carbonyl (C=O) groups is 1. The van der Waals surface area contributed by atoms with E-state index < -0.39 is 0 Å². The second-order valence-electron chi connectivity index (χ2n) is 5.72. The van der Waals surface area contributed by atoms with Gasteiger partial charge in [0.2, 0.25) is 0 Å². The summed E-state index contributed by atoms with van der Waals surface area (Å²) in [4.78, 5) is 11.8. The molecular weight excluding hydrogens is 312 g/mol. The Morgan fingerprint density at radius 3 is 2.43 bits per heavy atom. The number of amides is 1. The van der Waals surface area contributed by atoms with E-state index in [0.29, 0.717) is 12.6 Å². The molecule has 5 heteroatoms. The molecule has 4 nitrogen and oxygen atoms in total. The zero-order valence-electron chi connectivity index (χ0n) is 12.7. The lowest BCUT2D eigenvalue weighted by molar-refractivity contribution is 0.129. The zero-order chi connectivity index (χ0) is 16.1. The summed E-state index contributed by atoms with van der Waals surface area (Å²) in [5, 5.41) is 7.03. The lowest BCUT2D eigenvalue weighted by Crippen LogP contribution is -2.49. The molecule has 0 heterocycles. The number of benzene rings is 2. The summed E-state index contributed by atoms with van der Waals surface area (Å²) < 4.78 is 5.22. The quantitative estimate of drug-likeness (QED) is 0.863. The molecule has 1 aliphatic rings. The minimum absolute atomic E-state index is 0.170. The van der Waals surface area contributed by atoms with Crippen LogP contribution in [-0.4, -0.2) is 18.2 Å². The molecule has 1 fully saturated rings. The standard InChI is InChI=1S/C18H19ClN2O2/c19-14-6-8-15(9-7-14)20-16-10-17(11-16)21-18(22)23-12-13-4-2-1-3-5-13/h1-9,16-17,20H,10-12H2,(H,21,22). The van der Waals surface area contributed by atoms with Crippen LogP contribution in [0, 0.1) is 0 Å². The van der Waals surface area contributed by atoms with Crippen LogP contribution in [0.3, 0.4) is 0 Å². The summed E-state index contributed by atoms with van der Waals surface area (Å²) in [6, 6.07) is 17.8. The van der Waals surface area contributed by atoms with Crippen LogP contribution in [0.1, 0.15) is 18.4 Å². The normalized spacial score (nSPS) is 19.5. The average Bonchev–Trinajstić information content (AvgIpc) is 2.54. The Morgan fingerprint density at radius 2 is 1.74 bits per heavy atom. The SMILES string of the molecule is O=C(NC1CC(Nc2ccc(Cl)cc2)C1)OCc1ccccc1. The fourth-order valence-corrected chi connectivity index (χ4v) is 2.69. The number of hydrogen-bond acceptors (Lipinski definition) is 3. The van der Waals surface area contributed by atoms with E-state index in [4.69, 9.17) is 16.3 Å². The third-order valence-corrected chi connectivity index (χ3v) is 4.14. The van der Waals surface area contributed by atoms with Crippen LogP contribution in [0.5, 0.6) is 0 Å². The lowest BCUT2D eigenvalue weighted by atomic mass is 9.86. The number of halogens is 1. The van der Waals surface area contributed by atoms with Gasteiger partial charge in [-0.15, -0.1) is 0 Å². The van der Waals surface area contributed by atoms with E-state index in [1.54, 1.807) is 0 Å². The van der Waals surface area contributed by atoms with E-state index >= 15 is 0 Å². The molecule has 0 aromatic heterocycles. The van der Waals surface area contributed by atoms with E-state index in [2.05, 4.69) is 10.6 Å². The van der Waals surface area contributed by atoms with E-state index in [-0.39, 0.29) is 12.1 Å². The van der Waals surface area contributed by atoms with Crippen molar-refractivity contribution in [3.8, 4) is 0 Å². The molecule has 120 valence electrons. The smallest absolute Gasteiger partial charge is 0.407 e. The Morgan fingerprint density at radius 1 is 1.04 bits per heavy atom. The van der Waals surface area contributed by atoms with Gasteiger partial charge in [0, 0.05) is 22.8 Å².